The van der Waals surface area contributed by atoms with Crippen molar-refractivity contribution in [3.8, 4) is 5.75 Å². The number of piperidine rings is 1. The van der Waals surface area contributed by atoms with Gasteiger partial charge < -0.3 is 4.74 Å². The second kappa shape index (κ2) is 7.99. The van der Waals surface area contributed by atoms with Crippen molar-refractivity contribution in [3.05, 3.63) is 65.1 Å². The maximum Gasteiger partial charge on any atom is 0.316 e. The second-order valence-corrected chi connectivity index (χ2v) is 7.20. The van der Waals surface area contributed by atoms with Crippen LogP contribution in [-0.4, -0.2) is 30.0 Å². The van der Waals surface area contributed by atoms with Gasteiger partial charge in [0.15, 0.2) is 0 Å². The van der Waals surface area contributed by atoms with E-state index in [1.165, 1.54) is 0 Å². The van der Waals surface area contributed by atoms with E-state index in [2.05, 4.69) is 4.90 Å². The van der Waals surface area contributed by atoms with Crippen LogP contribution < -0.4 is 4.74 Å². The maximum atomic E-state index is 13.4. The van der Waals surface area contributed by atoms with Crippen LogP contribution >= 0.6 is 24.0 Å². The third-order valence-corrected chi connectivity index (χ3v) is 5.77. The Morgan fingerprint density at radius 2 is 1.88 bits per heavy atom. The van der Waals surface area contributed by atoms with E-state index in [0.717, 1.165) is 24.8 Å². The summed E-state index contributed by atoms with van der Waals surface area (Å²) in [6.45, 7) is 0. The fraction of sp³-hybridized carbons (Fsp3) is 0.381. The van der Waals surface area contributed by atoms with Gasteiger partial charge in [-0.1, -0.05) is 41.9 Å². The van der Waals surface area contributed by atoms with E-state index in [0.29, 0.717) is 11.1 Å². The van der Waals surface area contributed by atoms with E-state index in [4.69, 9.17) is 23.2 Å². The molecule has 0 amide bonds. The molecule has 26 heavy (non-hydrogen) atoms. The number of halogens is 2. The van der Waals surface area contributed by atoms with Crippen LogP contribution in [0.25, 0.3) is 0 Å². The quantitative estimate of drug-likeness (QED) is 0.543. The van der Waals surface area contributed by atoms with Gasteiger partial charge in [-0.25, -0.2) is 0 Å². The van der Waals surface area contributed by atoms with E-state index in [1.807, 2.05) is 19.2 Å². The predicted octanol–water partition coefficient (Wildman–Crippen LogP) is 4.93. The van der Waals surface area contributed by atoms with Crippen molar-refractivity contribution >= 4 is 30.0 Å². The van der Waals surface area contributed by atoms with Gasteiger partial charge in [0.2, 0.25) is 0 Å². The summed E-state index contributed by atoms with van der Waals surface area (Å²) in [6.07, 6.45) is 2.63. The fourth-order valence-electron chi connectivity index (χ4n) is 4.30. The second-order valence-electron chi connectivity index (χ2n) is 6.76. The Morgan fingerprint density at radius 3 is 2.58 bits per heavy atom. The van der Waals surface area contributed by atoms with Crippen LogP contribution in [0.1, 0.15) is 37.6 Å². The molecular weight excluding hydrogens is 369 g/mol. The largest absolute Gasteiger partial charge is 0.426 e. The lowest BCUT2D eigenvalue weighted by Gasteiger charge is -2.41. The van der Waals surface area contributed by atoms with E-state index < -0.39 is 47.8 Å². The van der Waals surface area contributed by atoms with E-state index in [-0.39, 0.29) is 24.4 Å². The first kappa shape index (κ1) is 13.6. The Labute approximate surface area is 172 Å². The number of benzene rings is 2. The molecule has 3 nitrogen and oxygen atoms in total. The summed E-state index contributed by atoms with van der Waals surface area (Å²) in [4.78, 5) is 15.6. The molecule has 0 N–H and O–H groups in total. The maximum absolute atomic E-state index is 13.4. The van der Waals surface area contributed by atoms with Gasteiger partial charge in [-0.15, -0.1) is 12.4 Å². The number of ether oxygens (including phenoxy) is 1. The summed E-state index contributed by atoms with van der Waals surface area (Å²) in [5.74, 6) is -1.57. The minimum absolute atomic E-state index is 0. The SMILES string of the molecule is Cl.[2H]c1c([2H])c([2H])c(OC(=O)[C@@H]2C3CCC(C[C@@H]2c2ccc(Cl)cc2)N3C)c([2H])c1[2H]. The number of hydrogen-bond acceptors (Lipinski definition) is 3. The molecule has 2 unspecified atom stereocenters. The van der Waals surface area contributed by atoms with Crippen molar-refractivity contribution in [2.75, 3.05) is 7.05 Å². The summed E-state index contributed by atoms with van der Waals surface area (Å²) >= 11 is 6.03. The summed E-state index contributed by atoms with van der Waals surface area (Å²) in [6, 6.07) is 5.22. The third kappa shape index (κ3) is 3.62. The molecule has 138 valence electrons. The Hall–Kier alpha value is -1.55. The Kier molecular flexibility index (Phi) is 4.18. The summed E-state index contributed by atoms with van der Waals surface area (Å²) in [5, 5.41) is 0.618. The van der Waals surface area contributed by atoms with E-state index in [1.54, 1.807) is 12.1 Å². The Bertz CT molecular complexity index is 975. The van der Waals surface area contributed by atoms with Gasteiger partial charge in [0, 0.05) is 23.0 Å². The molecule has 2 heterocycles. The average molecular weight is 397 g/mol. The van der Waals surface area contributed by atoms with Crippen LogP contribution in [0.15, 0.2) is 54.5 Å². The predicted molar refractivity (Wildman–Crippen MR) is 106 cm³/mol. The number of esters is 1. The zero-order valence-electron chi connectivity index (χ0n) is 19.3. The smallest absolute Gasteiger partial charge is 0.316 e. The van der Waals surface area contributed by atoms with Crippen LogP contribution in [-0.2, 0) is 4.79 Å². The molecule has 5 heteroatoms. The first-order chi connectivity index (χ1) is 14.2. The first-order valence-electron chi connectivity index (χ1n) is 11.0. The highest BCUT2D eigenvalue weighted by Gasteiger charge is 2.49. The van der Waals surface area contributed by atoms with Crippen LogP contribution in [0.3, 0.4) is 0 Å². The number of rotatable bonds is 3. The van der Waals surface area contributed by atoms with Crippen molar-refractivity contribution in [2.24, 2.45) is 5.92 Å². The summed E-state index contributed by atoms with van der Waals surface area (Å²) in [5.41, 5.74) is 0.993. The van der Waals surface area contributed by atoms with Gasteiger partial charge >= 0.3 is 5.97 Å². The van der Waals surface area contributed by atoms with Crippen molar-refractivity contribution in [3.63, 3.8) is 0 Å². The highest BCUT2D eigenvalue weighted by Crippen LogP contribution is 2.46. The molecule has 0 radical (unpaired) electrons. The molecule has 2 saturated heterocycles. The molecule has 4 rings (SSSR count). The van der Waals surface area contributed by atoms with Crippen LogP contribution in [0.2, 0.25) is 5.02 Å². The number of nitrogens with zero attached hydrogens (tertiary/aromatic N) is 1. The molecule has 2 bridgehead atoms. The Morgan fingerprint density at radius 1 is 1.19 bits per heavy atom. The molecule has 2 aromatic rings. The van der Waals surface area contributed by atoms with Gasteiger partial charge in [0.1, 0.15) is 5.75 Å². The lowest BCUT2D eigenvalue weighted by atomic mass is 9.76. The highest BCUT2D eigenvalue weighted by molar-refractivity contribution is 6.30. The van der Waals surface area contributed by atoms with E-state index in [9.17, 15) is 4.79 Å². The summed E-state index contributed by atoms with van der Waals surface area (Å²) < 4.78 is 45.0. The third-order valence-electron chi connectivity index (χ3n) is 5.52. The number of hydrogen-bond donors (Lipinski definition) is 0. The minimum atomic E-state index is -0.564. The van der Waals surface area contributed by atoms with Gasteiger partial charge in [0.05, 0.1) is 12.8 Å². The number of carbonyl (C=O) groups is 1. The zero-order valence-corrected chi connectivity index (χ0v) is 15.9. The highest BCUT2D eigenvalue weighted by atomic mass is 35.5. The van der Waals surface area contributed by atoms with Crippen LogP contribution in [0.4, 0.5) is 0 Å². The van der Waals surface area contributed by atoms with Crippen molar-refractivity contribution in [1.29, 1.82) is 0 Å². The normalized spacial score (nSPS) is 30.3. The van der Waals surface area contributed by atoms with Gasteiger partial charge in [-0.2, -0.15) is 0 Å². The van der Waals surface area contributed by atoms with Gasteiger partial charge in [0.25, 0.3) is 0 Å². The van der Waals surface area contributed by atoms with E-state index >= 15 is 0 Å². The van der Waals surface area contributed by atoms with Crippen LogP contribution in [0.5, 0.6) is 5.75 Å². The molecule has 0 aliphatic carbocycles. The van der Waals surface area contributed by atoms with Crippen molar-refractivity contribution in [2.45, 2.75) is 37.3 Å². The first-order valence-corrected chi connectivity index (χ1v) is 8.84. The van der Waals surface area contributed by atoms with Crippen molar-refractivity contribution < 1.29 is 16.4 Å². The Balaban J connectivity index is 0.00000272. The van der Waals surface area contributed by atoms with Gasteiger partial charge in [-0.3, -0.25) is 9.69 Å². The fourth-order valence-corrected chi connectivity index (χ4v) is 4.43. The number of carbonyl (C=O) groups excluding carboxylic acids is 1. The number of fused-ring (bicyclic) bond motifs is 2. The molecule has 2 aromatic carbocycles. The molecule has 4 atom stereocenters. The van der Waals surface area contributed by atoms with Gasteiger partial charge in [-0.05, 0) is 56.1 Å². The number of para-hydroxylation sites is 1. The molecule has 0 spiro atoms. The molecule has 2 aliphatic rings. The lowest BCUT2D eigenvalue weighted by molar-refractivity contribution is -0.143. The molecule has 0 aromatic heterocycles. The summed E-state index contributed by atoms with van der Waals surface area (Å²) in [7, 11) is 2.01. The molecule has 2 fully saturated rings. The standard InChI is InChI=1S/C21H22ClNO2.ClH/c1-23-16-11-12-19(23)20(21(24)25-17-5-3-2-4-6-17)18(13-16)14-7-9-15(22)10-8-14;/h2-10,16,18-20H,11-13H2,1H3;1H/t16?,18-,19?,20+;/m1./s1/i2D,3D,4D,5D,6D;. The monoisotopic (exact) mass is 396 g/mol. The minimum Gasteiger partial charge on any atom is -0.426 e. The van der Waals surface area contributed by atoms with Crippen molar-refractivity contribution in [1.82, 2.24) is 4.90 Å². The molecular formula is C21H23Cl2NO2. The molecule has 2 aliphatic heterocycles. The average Bonchev–Trinajstić information content (AvgIpc) is 2.96. The van der Waals surface area contributed by atoms with Crippen LogP contribution in [0, 0.1) is 5.92 Å². The molecule has 0 saturated carbocycles. The topological polar surface area (TPSA) is 29.5 Å². The zero-order chi connectivity index (χ0) is 21.7. The lowest BCUT2D eigenvalue weighted by Crippen LogP contribution is -2.49.